The number of halogens is 3. The number of rotatable bonds is 3. The van der Waals surface area contributed by atoms with Crippen LogP contribution < -0.4 is 4.72 Å². The number of nitrogens with one attached hydrogen (secondary N) is 2. The van der Waals surface area contributed by atoms with Crippen molar-refractivity contribution in [2.75, 3.05) is 4.72 Å². The minimum Gasteiger partial charge on any atom is -0.360 e. The number of pyridine rings is 1. The van der Waals surface area contributed by atoms with Crippen LogP contribution in [-0.2, 0) is 10.0 Å². The van der Waals surface area contributed by atoms with Crippen LogP contribution in [0.2, 0.25) is 15.2 Å². The van der Waals surface area contributed by atoms with Crippen molar-refractivity contribution in [3.8, 4) is 0 Å². The monoisotopic (exact) mass is 375 g/mol. The molecule has 0 saturated carbocycles. The maximum atomic E-state index is 12.5. The van der Waals surface area contributed by atoms with Gasteiger partial charge in [0.15, 0.2) is 0 Å². The molecule has 2 aromatic heterocycles. The van der Waals surface area contributed by atoms with Crippen LogP contribution in [0.1, 0.15) is 0 Å². The van der Waals surface area contributed by atoms with E-state index >= 15 is 0 Å². The normalized spacial score (nSPS) is 11.8. The Morgan fingerprint density at radius 1 is 1.05 bits per heavy atom. The van der Waals surface area contributed by atoms with Crippen LogP contribution in [-0.4, -0.2) is 18.4 Å². The second kappa shape index (κ2) is 5.62. The summed E-state index contributed by atoms with van der Waals surface area (Å²) in [4.78, 5) is 6.83. The maximum absolute atomic E-state index is 12.5. The summed E-state index contributed by atoms with van der Waals surface area (Å²) in [6, 6.07) is 7.67. The molecule has 0 atom stereocenters. The predicted octanol–water partition coefficient (Wildman–Crippen LogP) is 4.32. The lowest BCUT2D eigenvalue weighted by Gasteiger charge is -2.07. The van der Waals surface area contributed by atoms with Crippen LogP contribution in [0.5, 0.6) is 0 Å². The second-order valence-corrected chi connectivity index (χ2v) is 7.35. The van der Waals surface area contributed by atoms with Gasteiger partial charge in [-0.3, -0.25) is 4.72 Å². The van der Waals surface area contributed by atoms with Gasteiger partial charge in [0.25, 0.3) is 10.0 Å². The predicted molar refractivity (Wildman–Crippen MR) is 88.4 cm³/mol. The molecule has 0 unspecified atom stereocenters. The van der Waals surface area contributed by atoms with E-state index in [2.05, 4.69) is 14.7 Å². The largest absolute Gasteiger partial charge is 0.360 e. The summed E-state index contributed by atoms with van der Waals surface area (Å²) in [5.41, 5.74) is 0.616. The summed E-state index contributed by atoms with van der Waals surface area (Å²) in [5.74, 6) is 0.0424. The highest BCUT2D eigenvalue weighted by Crippen LogP contribution is 2.27. The first kappa shape index (κ1) is 15.4. The molecule has 0 aliphatic carbocycles. The van der Waals surface area contributed by atoms with Crippen LogP contribution in [0.25, 0.3) is 10.9 Å². The molecule has 0 spiro atoms. The summed E-state index contributed by atoms with van der Waals surface area (Å²) in [5, 5.41) is 1.40. The third kappa shape index (κ3) is 3.01. The van der Waals surface area contributed by atoms with Gasteiger partial charge in [-0.05, 0) is 24.3 Å². The molecule has 3 aromatic rings. The van der Waals surface area contributed by atoms with E-state index in [9.17, 15) is 8.42 Å². The van der Waals surface area contributed by atoms with E-state index in [4.69, 9.17) is 34.8 Å². The fourth-order valence-electron chi connectivity index (χ4n) is 2.00. The van der Waals surface area contributed by atoms with Crippen molar-refractivity contribution in [2.24, 2.45) is 0 Å². The van der Waals surface area contributed by atoms with Crippen LogP contribution in [0.15, 0.2) is 41.4 Å². The SMILES string of the molecule is O=S(=O)(Nc1cc(Cl)cc(Cl)n1)c1c[nH]c2cc(Cl)ccc12. The number of nitrogens with zero attached hydrogens (tertiary/aromatic N) is 1. The fraction of sp³-hybridized carbons (Fsp3) is 0. The Morgan fingerprint density at radius 2 is 1.82 bits per heavy atom. The number of aromatic amines is 1. The third-order valence-electron chi connectivity index (χ3n) is 2.89. The zero-order chi connectivity index (χ0) is 15.9. The molecular formula is C13H8Cl3N3O2S. The quantitative estimate of drug-likeness (QED) is 0.668. The Morgan fingerprint density at radius 3 is 2.55 bits per heavy atom. The average molecular weight is 377 g/mol. The van der Waals surface area contributed by atoms with Gasteiger partial charge in [0.2, 0.25) is 0 Å². The molecule has 0 fully saturated rings. The number of aromatic nitrogens is 2. The molecule has 2 N–H and O–H groups in total. The molecule has 2 heterocycles. The van der Waals surface area contributed by atoms with E-state index in [1.54, 1.807) is 18.2 Å². The van der Waals surface area contributed by atoms with Crippen LogP contribution in [0.4, 0.5) is 5.82 Å². The zero-order valence-corrected chi connectivity index (χ0v) is 13.9. The number of sulfonamides is 1. The number of H-pyrrole nitrogens is 1. The first-order chi connectivity index (χ1) is 10.3. The highest BCUT2D eigenvalue weighted by molar-refractivity contribution is 7.93. The molecule has 22 heavy (non-hydrogen) atoms. The molecule has 3 rings (SSSR count). The lowest BCUT2D eigenvalue weighted by atomic mass is 10.2. The first-order valence-electron chi connectivity index (χ1n) is 5.98. The van der Waals surface area contributed by atoms with Crippen LogP contribution >= 0.6 is 34.8 Å². The molecule has 1 aromatic carbocycles. The molecule has 0 amide bonds. The van der Waals surface area contributed by atoms with E-state index in [0.717, 1.165) is 0 Å². The summed E-state index contributed by atoms with van der Waals surface area (Å²) in [7, 11) is -3.85. The van der Waals surface area contributed by atoms with E-state index in [-0.39, 0.29) is 20.9 Å². The van der Waals surface area contributed by atoms with Gasteiger partial charge in [0, 0.05) is 33.2 Å². The van der Waals surface area contributed by atoms with Gasteiger partial charge in [-0.25, -0.2) is 13.4 Å². The Hall–Kier alpha value is -1.47. The van der Waals surface area contributed by atoms with Crippen molar-refractivity contribution in [3.63, 3.8) is 0 Å². The Balaban J connectivity index is 2.04. The van der Waals surface area contributed by atoms with Gasteiger partial charge in [-0.1, -0.05) is 34.8 Å². The summed E-state index contributed by atoms with van der Waals surface area (Å²) in [6.07, 6.45) is 1.38. The first-order valence-corrected chi connectivity index (χ1v) is 8.59. The highest BCUT2D eigenvalue weighted by Gasteiger charge is 2.20. The lowest BCUT2D eigenvalue weighted by molar-refractivity contribution is 0.602. The van der Waals surface area contributed by atoms with Crippen LogP contribution in [0.3, 0.4) is 0 Å². The third-order valence-corrected chi connectivity index (χ3v) is 4.93. The van der Waals surface area contributed by atoms with Gasteiger partial charge in [0.05, 0.1) is 0 Å². The zero-order valence-electron chi connectivity index (χ0n) is 10.8. The minimum absolute atomic E-state index is 0.0424. The van der Waals surface area contributed by atoms with Crippen molar-refractivity contribution in [2.45, 2.75) is 4.90 Å². The average Bonchev–Trinajstić information content (AvgIpc) is 2.80. The van der Waals surface area contributed by atoms with Crippen LogP contribution in [0, 0.1) is 0 Å². The number of benzene rings is 1. The molecule has 5 nitrogen and oxygen atoms in total. The van der Waals surface area contributed by atoms with E-state index in [1.807, 2.05) is 0 Å². The highest BCUT2D eigenvalue weighted by atomic mass is 35.5. The standard InChI is InChI=1S/C13H8Cl3N3O2S/c14-7-1-2-9-10(3-7)17-6-11(9)22(20,21)19-13-5-8(15)4-12(16)18-13/h1-6,17H,(H,18,19). The number of hydrogen-bond acceptors (Lipinski definition) is 3. The van der Waals surface area contributed by atoms with Crippen molar-refractivity contribution in [1.82, 2.24) is 9.97 Å². The summed E-state index contributed by atoms with van der Waals surface area (Å²) in [6.45, 7) is 0. The lowest BCUT2D eigenvalue weighted by Crippen LogP contribution is -2.13. The second-order valence-electron chi connectivity index (χ2n) is 4.44. The smallest absolute Gasteiger partial charge is 0.265 e. The van der Waals surface area contributed by atoms with Crippen molar-refractivity contribution >= 4 is 61.5 Å². The van der Waals surface area contributed by atoms with Gasteiger partial charge in [-0.2, -0.15) is 0 Å². The molecule has 114 valence electrons. The maximum Gasteiger partial charge on any atom is 0.265 e. The van der Waals surface area contributed by atoms with E-state index in [0.29, 0.717) is 15.9 Å². The molecule has 0 bridgehead atoms. The van der Waals surface area contributed by atoms with Gasteiger partial charge in [0.1, 0.15) is 15.9 Å². The number of hydrogen-bond donors (Lipinski definition) is 2. The van der Waals surface area contributed by atoms with Gasteiger partial charge in [-0.15, -0.1) is 0 Å². The summed E-state index contributed by atoms with van der Waals surface area (Å²) < 4.78 is 27.3. The molecule has 0 aliphatic heterocycles. The number of fused-ring (bicyclic) bond motifs is 1. The Kier molecular flexibility index (Phi) is 3.94. The number of anilines is 1. The van der Waals surface area contributed by atoms with E-state index < -0.39 is 10.0 Å². The molecular weight excluding hydrogens is 369 g/mol. The van der Waals surface area contributed by atoms with Gasteiger partial charge >= 0.3 is 0 Å². The fourth-order valence-corrected chi connectivity index (χ4v) is 3.82. The Bertz CT molecular complexity index is 950. The molecule has 0 radical (unpaired) electrons. The summed E-state index contributed by atoms with van der Waals surface area (Å²) >= 11 is 17.5. The van der Waals surface area contributed by atoms with Crippen molar-refractivity contribution in [1.29, 1.82) is 0 Å². The molecule has 9 heteroatoms. The molecule has 0 aliphatic rings. The van der Waals surface area contributed by atoms with Crippen molar-refractivity contribution in [3.05, 3.63) is 51.7 Å². The molecule has 0 saturated heterocycles. The van der Waals surface area contributed by atoms with E-state index in [1.165, 1.54) is 18.3 Å². The van der Waals surface area contributed by atoms with Gasteiger partial charge < -0.3 is 4.98 Å². The topological polar surface area (TPSA) is 74.8 Å². The van der Waals surface area contributed by atoms with Crippen molar-refractivity contribution < 1.29 is 8.42 Å². The Labute approximate surface area is 141 Å². The minimum atomic E-state index is -3.85.